The first-order valence-electron chi connectivity index (χ1n) is 7.67. The Morgan fingerprint density at radius 1 is 1.33 bits per heavy atom. The zero-order valence-electron chi connectivity index (χ0n) is 12.0. The van der Waals surface area contributed by atoms with Crippen LogP contribution in [0.4, 0.5) is 0 Å². The molecule has 3 rings (SSSR count). The molecule has 1 heterocycles. The lowest BCUT2D eigenvalue weighted by atomic mass is 9.84. The van der Waals surface area contributed by atoms with Crippen LogP contribution in [0.15, 0.2) is 24.3 Å². The summed E-state index contributed by atoms with van der Waals surface area (Å²) in [6.07, 6.45) is 5.39. The van der Waals surface area contributed by atoms with E-state index in [-0.39, 0.29) is 0 Å². The number of fused-ring (bicyclic) bond motifs is 1. The molecule has 4 nitrogen and oxygen atoms in total. The van der Waals surface area contributed by atoms with Crippen molar-refractivity contribution in [3.8, 4) is 6.07 Å². The Hall–Kier alpha value is -1.86. The van der Waals surface area contributed by atoms with Gasteiger partial charge < -0.3 is 5.11 Å². The van der Waals surface area contributed by atoms with Gasteiger partial charge in [0.25, 0.3) is 0 Å². The molecule has 1 saturated carbocycles. The van der Waals surface area contributed by atoms with Crippen LogP contribution in [0.5, 0.6) is 0 Å². The van der Waals surface area contributed by atoms with E-state index in [2.05, 4.69) is 11.0 Å². The Labute approximate surface area is 125 Å². The molecule has 3 unspecified atom stereocenters. The maximum absolute atomic E-state index is 11.6. The van der Waals surface area contributed by atoms with Crippen LogP contribution in [-0.2, 0) is 11.3 Å². The molecule has 0 spiro atoms. The van der Waals surface area contributed by atoms with Gasteiger partial charge in [0.05, 0.1) is 11.6 Å². The Morgan fingerprint density at radius 3 is 2.86 bits per heavy atom. The molecule has 1 aromatic carbocycles. The van der Waals surface area contributed by atoms with Crippen molar-refractivity contribution in [2.75, 3.05) is 0 Å². The average Bonchev–Trinajstić information content (AvgIpc) is 2.87. The second-order valence-electron chi connectivity index (χ2n) is 6.14. The standard InChI is InChI=1S/C17H20N2O2/c18-10-13-6-1-2-7-14(13)11-19-15-8-4-3-5-12(15)9-16(19)17(20)21/h1-2,6-7,12,15-16H,3-5,8-9,11H2,(H,20,21). The molecule has 1 saturated heterocycles. The lowest BCUT2D eigenvalue weighted by Crippen LogP contribution is -2.41. The molecule has 1 N–H and O–H groups in total. The fourth-order valence-electron chi connectivity index (χ4n) is 3.99. The zero-order chi connectivity index (χ0) is 14.8. The third kappa shape index (κ3) is 2.66. The SMILES string of the molecule is N#Cc1ccccc1CN1C(C(=O)O)CC2CCCCC21. The monoisotopic (exact) mass is 284 g/mol. The number of nitrogens with zero attached hydrogens (tertiary/aromatic N) is 2. The number of carboxylic acids is 1. The van der Waals surface area contributed by atoms with E-state index < -0.39 is 12.0 Å². The van der Waals surface area contributed by atoms with E-state index in [1.54, 1.807) is 6.07 Å². The summed E-state index contributed by atoms with van der Waals surface area (Å²) in [5, 5.41) is 18.7. The van der Waals surface area contributed by atoms with E-state index in [9.17, 15) is 15.2 Å². The van der Waals surface area contributed by atoms with Gasteiger partial charge in [0.15, 0.2) is 0 Å². The maximum Gasteiger partial charge on any atom is 0.320 e. The summed E-state index contributed by atoms with van der Waals surface area (Å²) in [5.74, 6) is -0.215. The first kappa shape index (κ1) is 14.1. The lowest BCUT2D eigenvalue weighted by Gasteiger charge is -2.33. The van der Waals surface area contributed by atoms with Gasteiger partial charge in [-0.3, -0.25) is 9.69 Å². The summed E-state index contributed by atoms with van der Waals surface area (Å²) < 4.78 is 0. The number of benzene rings is 1. The second kappa shape index (κ2) is 5.87. The van der Waals surface area contributed by atoms with Crippen LogP contribution in [0.3, 0.4) is 0 Å². The minimum atomic E-state index is -0.723. The fraction of sp³-hybridized carbons (Fsp3) is 0.529. The van der Waals surface area contributed by atoms with Gasteiger partial charge in [-0.1, -0.05) is 31.0 Å². The van der Waals surface area contributed by atoms with Gasteiger partial charge in [-0.05, 0) is 36.8 Å². The van der Waals surface area contributed by atoms with Crippen LogP contribution in [0.1, 0.15) is 43.2 Å². The van der Waals surface area contributed by atoms with Crippen molar-refractivity contribution in [2.45, 2.75) is 50.7 Å². The minimum Gasteiger partial charge on any atom is -0.480 e. The van der Waals surface area contributed by atoms with Crippen molar-refractivity contribution in [2.24, 2.45) is 5.92 Å². The van der Waals surface area contributed by atoms with Crippen molar-refractivity contribution in [1.29, 1.82) is 5.26 Å². The highest BCUT2D eigenvalue weighted by atomic mass is 16.4. The molecule has 1 aliphatic carbocycles. The van der Waals surface area contributed by atoms with Crippen molar-refractivity contribution in [1.82, 2.24) is 4.90 Å². The van der Waals surface area contributed by atoms with Crippen molar-refractivity contribution >= 4 is 5.97 Å². The number of hydrogen-bond donors (Lipinski definition) is 1. The highest BCUT2D eigenvalue weighted by molar-refractivity contribution is 5.74. The Balaban J connectivity index is 1.87. The van der Waals surface area contributed by atoms with Crippen LogP contribution in [-0.4, -0.2) is 28.1 Å². The van der Waals surface area contributed by atoms with E-state index >= 15 is 0 Å². The van der Waals surface area contributed by atoms with Gasteiger partial charge in [0.2, 0.25) is 0 Å². The summed E-state index contributed by atoms with van der Waals surface area (Å²) >= 11 is 0. The molecule has 3 atom stereocenters. The Bertz CT molecular complexity index is 578. The van der Waals surface area contributed by atoms with E-state index in [0.717, 1.165) is 24.8 Å². The third-order valence-electron chi connectivity index (χ3n) is 5.00. The molecule has 1 aliphatic heterocycles. The first-order chi connectivity index (χ1) is 10.2. The van der Waals surface area contributed by atoms with Crippen molar-refractivity contribution in [3.05, 3.63) is 35.4 Å². The summed E-state index contributed by atoms with van der Waals surface area (Å²) in [6, 6.07) is 9.69. The summed E-state index contributed by atoms with van der Waals surface area (Å²) in [5.41, 5.74) is 1.60. The quantitative estimate of drug-likeness (QED) is 0.927. The third-order valence-corrected chi connectivity index (χ3v) is 5.00. The highest BCUT2D eigenvalue weighted by Gasteiger charge is 2.45. The van der Waals surface area contributed by atoms with E-state index in [1.165, 1.54) is 12.8 Å². The molecule has 0 aromatic heterocycles. The maximum atomic E-state index is 11.6. The normalized spacial score (nSPS) is 28.8. The van der Waals surface area contributed by atoms with Crippen LogP contribution in [0.2, 0.25) is 0 Å². The number of carboxylic acid groups (broad SMARTS) is 1. The van der Waals surface area contributed by atoms with Gasteiger partial charge in [-0.15, -0.1) is 0 Å². The van der Waals surface area contributed by atoms with Crippen LogP contribution >= 0.6 is 0 Å². The number of likely N-dealkylation sites (tertiary alicyclic amines) is 1. The van der Waals surface area contributed by atoms with Crippen LogP contribution in [0, 0.1) is 17.2 Å². The average molecular weight is 284 g/mol. The topological polar surface area (TPSA) is 64.3 Å². The molecule has 21 heavy (non-hydrogen) atoms. The summed E-state index contributed by atoms with van der Waals surface area (Å²) in [6.45, 7) is 0.571. The number of rotatable bonds is 3. The fourth-order valence-corrected chi connectivity index (χ4v) is 3.99. The van der Waals surface area contributed by atoms with E-state index in [0.29, 0.717) is 24.1 Å². The number of carbonyl (C=O) groups is 1. The lowest BCUT2D eigenvalue weighted by molar-refractivity contribution is -0.142. The largest absolute Gasteiger partial charge is 0.480 e. The second-order valence-corrected chi connectivity index (χ2v) is 6.14. The van der Waals surface area contributed by atoms with Crippen LogP contribution in [0.25, 0.3) is 0 Å². The molecule has 0 bridgehead atoms. The van der Waals surface area contributed by atoms with Crippen LogP contribution < -0.4 is 0 Å². The van der Waals surface area contributed by atoms with Crippen molar-refractivity contribution < 1.29 is 9.90 Å². The molecule has 2 fully saturated rings. The predicted octanol–water partition coefficient (Wildman–Crippen LogP) is 2.78. The van der Waals surface area contributed by atoms with Gasteiger partial charge >= 0.3 is 5.97 Å². The van der Waals surface area contributed by atoms with Gasteiger partial charge in [-0.25, -0.2) is 0 Å². The molecule has 1 aromatic rings. The number of aliphatic carboxylic acids is 1. The summed E-state index contributed by atoms with van der Waals surface area (Å²) in [7, 11) is 0. The molecular weight excluding hydrogens is 264 g/mol. The molecular formula is C17H20N2O2. The zero-order valence-corrected chi connectivity index (χ0v) is 12.0. The number of hydrogen-bond acceptors (Lipinski definition) is 3. The Kier molecular flexibility index (Phi) is 3.94. The van der Waals surface area contributed by atoms with Gasteiger partial charge in [-0.2, -0.15) is 5.26 Å². The minimum absolute atomic E-state index is 0.367. The van der Waals surface area contributed by atoms with Gasteiger partial charge in [0, 0.05) is 12.6 Å². The molecule has 110 valence electrons. The van der Waals surface area contributed by atoms with E-state index in [1.807, 2.05) is 18.2 Å². The highest BCUT2D eigenvalue weighted by Crippen LogP contribution is 2.40. The molecule has 0 amide bonds. The van der Waals surface area contributed by atoms with Gasteiger partial charge in [0.1, 0.15) is 6.04 Å². The first-order valence-corrected chi connectivity index (χ1v) is 7.67. The van der Waals surface area contributed by atoms with Crippen molar-refractivity contribution in [3.63, 3.8) is 0 Å². The molecule has 2 aliphatic rings. The van der Waals surface area contributed by atoms with E-state index in [4.69, 9.17) is 0 Å². The molecule has 0 radical (unpaired) electrons. The predicted molar refractivity (Wildman–Crippen MR) is 78.5 cm³/mol. The molecule has 4 heteroatoms. The number of nitriles is 1. The Morgan fingerprint density at radius 2 is 2.10 bits per heavy atom. The smallest absolute Gasteiger partial charge is 0.320 e. The summed E-state index contributed by atoms with van der Waals surface area (Å²) in [4.78, 5) is 13.7.